The molecule has 0 heterocycles. The third-order valence-corrected chi connectivity index (χ3v) is 0.604. The fourth-order valence-corrected chi connectivity index (χ4v) is 0.250. The van der Waals surface area contributed by atoms with Crippen molar-refractivity contribution in [2.75, 3.05) is 6.54 Å². The Bertz CT molecular complexity index is 26.9. The molecule has 0 aliphatic carbocycles. The first-order chi connectivity index (χ1) is 2.91. The first-order valence-electron chi connectivity index (χ1n) is 2.21. The van der Waals surface area contributed by atoms with Crippen LogP contribution in [-0.2, 0) is 47.1 Å². The van der Waals surface area contributed by atoms with Crippen LogP contribution in [0.1, 0.15) is 12.8 Å². The Balaban J connectivity index is -0.0000000417. The Labute approximate surface area is 85.6 Å². The van der Waals surface area contributed by atoms with Crippen LogP contribution in [0.25, 0.3) is 0 Å². The fraction of sp³-hybridized carbons (Fsp3) is 0.600. The van der Waals surface area contributed by atoms with Crippen molar-refractivity contribution in [3.05, 3.63) is 14.0 Å². The van der Waals surface area contributed by atoms with Gasteiger partial charge in [-0.05, 0) is 6.54 Å². The molecule has 0 aromatic heterocycles. The number of rotatable bonds is 3. The SMILES string of the molecule is [CH2-]CCCN[CH2-].[Ir].[SH-].[SH-]. The van der Waals surface area contributed by atoms with Gasteiger partial charge in [0, 0.05) is 20.1 Å². The number of nitrogens with one attached hydrogen (secondary N) is 1. The number of hydrogen-bond donors (Lipinski definition) is 1. The van der Waals surface area contributed by atoms with Crippen LogP contribution in [0.4, 0.5) is 0 Å². The maximum atomic E-state index is 3.66. The van der Waals surface area contributed by atoms with Gasteiger partial charge in [0.15, 0.2) is 0 Å². The average molecular weight is 344 g/mol. The smallest absolute Gasteiger partial charge is 0 e. The second kappa shape index (κ2) is 22.8. The third kappa shape index (κ3) is 26.8. The number of unbranched alkanes of at least 4 members (excludes halogenated alkanes) is 1. The zero-order chi connectivity index (χ0) is 4.83. The van der Waals surface area contributed by atoms with Crippen molar-refractivity contribution in [3.63, 3.8) is 0 Å². The molecule has 0 atom stereocenters. The predicted octanol–water partition coefficient (Wildman–Crippen LogP) is 0.439. The summed E-state index contributed by atoms with van der Waals surface area (Å²) < 4.78 is 0. The van der Waals surface area contributed by atoms with Gasteiger partial charge in [-0.15, -0.1) is 0 Å². The molecule has 0 saturated carbocycles. The van der Waals surface area contributed by atoms with Gasteiger partial charge < -0.3 is 39.2 Å². The number of hydrogen-bond acceptors (Lipinski definition) is 3. The first-order valence-corrected chi connectivity index (χ1v) is 2.21. The van der Waals surface area contributed by atoms with E-state index < -0.39 is 0 Å². The van der Waals surface area contributed by atoms with Crippen LogP contribution in [0.2, 0.25) is 0 Å². The van der Waals surface area contributed by atoms with Gasteiger partial charge in [0.1, 0.15) is 0 Å². The molecule has 0 bridgehead atoms. The van der Waals surface area contributed by atoms with E-state index in [-0.39, 0.29) is 47.1 Å². The summed E-state index contributed by atoms with van der Waals surface area (Å²) in [7, 11) is 3.45. The van der Waals surface area contributed by atoms with E-state index in [9.17, 15) is 0 Å². The average Bonchev–Trinajstić information content (AvgIpc) is 1.61. The summed E-state index contributed by atoms with van der Waals surface area (Å²) in [5, 5.41) is 2.78. The largest absolute Gasteiger partial charge is 0.813 e. The summed E-state index contributed by atoms with van der Waals surface area (Å²) >= 11 is 0. The minimum Gasteiger partial charge on any atom is -0.813 e. The molecule has 0 rings (SSSR count). The van der Waals surface area contributed by atoms with E-state index in [1.165, 1.54) is 0 Å². The van der Waals surface area contributed by atoms with Gasteiger partial charge in [-0.3, -0.25) is 7.05 Å². The minimum atomic E-state index is 0. The Morgan fingerprint density at radius 2 is 1.67 bits per heavy atom. The van der Waals surface area contributed by atoms with Crippen LogP contribution >= 0.6 is 0 Å². The molecule has 1 nitrogen and oxygen atoms in total. The van der Waals surface area contributed by atoms with Crippen LogP contribution < -0.4 is 5.32 Å². The zero-order valence-electron chi connectivity index (χ0n) is 5.26. The second-order valence-electron chi connectivity index (χ2n) is 1.21. The zero-order valence-corrected chi connectivity index (χ0v) is 9.45. The summed E-state index contributed by atoms with van der Waals surface area (Å²) in [6.45, 7) is 4.64. The van der Waals surface area contributed by atoms with Gasteiger partial charge >= 0.3 is 0 Å². The van der Waals surface area contributed by atoms with Crippen molar-refractivity contribution < 1.29 is 20.1 Å². The van der Waals surface area contributed by atoms with E-state index in [2.05, 4.69) is 19.3 Å². The van der Waals surface area contributed by atoms with Gasteiger partial charge in [0.2, 0.25) is 0 Å². The molecule has 0 aromatic carbocycles. The number of thiol groups is 2. The summed E-state index contributed by atoms with van der Waals surface area (Å²) in [4.78, 5) is 0. The van der Waals surface area contributed by atoms with Gasteiger partial charge in [0.25, 0.3) is 0 Å². The van der Waals surface area contributed by atoms with Gasteiger partial charge in [-0.2, -0.15) is 6.42 Å². The van der Waals surface area contributed by atoms with E-state index in [0.29, 0.717) is 0 Å². The maximum Gasteiger partial charge on any atom is 0 e. The molecule has 4 heteroatoms. The van der Waals surface area contributed by atoms with E-state index >= 15 is 0 Å². The normalized spacial score (nSPS) is 6.00. The summed E-state index contributed by atoms with van der Waals surface area (Å²) in [6.07, 6.45) is 2.13. The van der Waals surface area contributed by atoms with Crippen LogP contribution in [0, 0.1) is 14.0 Å². The summed E-state index contributed by atoms with van der Waals surface area (Å²) in [5.41, 5.74) is 0. The Morgan fingerprint density at radius 1 is 1.22 bits per heavy atom. The molecular formula is C5H13IrNS2-4. The molecule has 9 heavy (non-hydrogen) atoms. The molecule has 0 aliphatic rings. The first kappa shape index (κ1) is 22.4. The van der Waals surface area contributed by atoms with Crippen molar-refractivity contribution >= 4 is 27.0 Å². The molecule has 0 saturated heterocycles. The molecule has 1 radical (unpaired) electrons. The van der Waals surface area contributed by atoms with Crippen LogP contribution in [-0.4, -0.2) is 6.54 Å². The van der Waals surface area contributed by atoms with E-state index in [1.54, 1.807) is 0 Å². The van der Waals surface area contributed by atoms with Crippen LogP contribution in [0.3, 0.4) is 0 Å². The van der Waals surface area contributed by atoms with Crippen molar-refractivity contribution in [1.82, 2.24) is 5.32 Å². The predicted molar refractivity (Wildman–Crippen MR) is 45.5 cm³/mol. The van der Waals surface area contributed by atoms with E-state index in [0.717, 1.165) is 19.4 Å². The standard InChI is InChI=1S/C5H11N.Ir.2H2S/c1-3-4-5-6-2;;;/h6H,1-5H2;;2*1H2/q-2;;;/p-2. The van der Waals surface area contributed by atoms with E-state index in [4.69, 9.17) is 0 Å². The van der Waals surface area contributed by atoms with Gasteiger partial charge in [-0.1, -0.05) is 6.42 Å². The summed E-state index contributed by atoms with van der Waals surface area (Å²) in [5.74, 6) is 0. The minimum absolute atomic E-state index is 0. The summed E-state index contributed by atoms with van der Waals surface area (Å²) in [6, 6.07) is 0. The molecule has 0 aliphatic heterocycles. The molecule has 0 amide bonds. The molecule has 0 fully saturated rings. The topological polar surface area (TPSA) is 12.0 Å². The van der Waals surface area contributed by atoms with Crippen molar-refractivity contribution in [2.24, 2.45) is 0 Å². The molecule has 0 aromatic rings. The molecular weight excluding hydrogens is 330 g/mol. The van der Waals surface area contributed by atoms with Gasteiger partial charge in [0.05, 0.1) is 0 Å². The van der Waals surface area contributed by atoms with Crippen molar-refractivity contribution in [3.8, 4) is 0 Å². The molecule has 0 spiro atoms. The fourth-order valence-electron chi connectivity index (χ4n) is 0.250. The monoisotopic (exact) mass is 344 g/mol. The van der Waals surface area contributed by atoms with Crippen LogP contribution in [0.5, 0.6) is 0 Å². The van der Waals surface area contributed by atoms with Crippen molar-refractivity contribution in [2.45, 2.75) is 12.8 Å². The van der Waals surface area contributed by atoms with Crippen molar-refractivity contribution in [1.29, 1.82) is 0 Å². The van der Waals surface area contributed by atoms with E-state index in [1.807, 2.05) is 0 Å². The molecule has 63 valence electrons. The van der Waals surface area contributed by atoms with Gasteiger partial charge in [-0.25, -0.2) is 0 Å². The van der Waals surface area contributed by atoms with Crippen LogP contribution in [0.15, 0.2) is 0 Å². The third-order valence-electron chi connectivity index (χ3n) is 0.604. The quantitative estimate of drug-likeness (QED) is 0.346. The Morgan fingerprint density at radius 3 is 1.78 bits per heavy atom. The Kier molecular flexibility index (Phi) is 56.9. The molecule has 0 unspecified atom stereocenters. The maximum absolute atomic E-state index is 3.66. The molecule has 1 N–H and O–H groups in total. The Hall–Kier alpha value is 1.31. The second-order valence-corrected chi connectivity index (χ2v) is 1.21.